The third kappa shape index (κ3) is 2.32. The largest absolute Gasteiger partial charge is 0.477 e. The minimum absolute atomic E-state index is 0.237. The van der Waals surface area contributed by atoms with Gasteiger partial charge in [-0.1, -0.05) is 0 Å². The van der Waals surface area contributed by atoms with Gasteiger partial charge in [-0.3, -0.25) is 4.79 Å². The lowest BCUT2D eigenvalue weighted by atomic mass is 10.1. The molecule has 3 heterocycles. The smallest absolute Gasteiger partial charge is 0.341 e. The summed E-state index contributed by atoms with van der Waals surface area (Å²) in [6.07, 6.45) is 2.34. The molecule has 0 radical (unpaired) electrons. The van der Waals surface area contributed by atoms with Crippen LogP contribution in [-0.2, 0) is 0 Å². The average Bonchev–Trinajstić information content (AvgIpc) is 3.27. The van der Waals surface area contributed by atoms with Crippen LogP contribution in [0.3, 0.4) is 0 Å². The third-order valence-corrected chi connectivity index (χ3v) is 5.70. The molecule has 0 unspecified atom stereocenters. The molecule has 1 aromatic carbocycles. The van der Waals surface area contributed by atoms with Crippen LogP contribution in [0, 0.1) is 17.5 Å². The second-order valence-electron chi connectivity index (χ2n) is 7.50. The summed E-state index contributed by atoms with van der Waals surface area (Å²) in [7, 11) is 0. The number of fused-ring (bicyclic) bond motifs is 1. The maximum absolute atomic E-state index is 15.5. The fourth-order valence-corrected chi connectivity index (χ4v) is 4.18. The van der Waals surface area contributed by atoms with Gasteiger partial charge in [0.15, 0.2) is 17.5 Å². The molecule has 0 spiro atoms. The summed E-state index contributed by atoms with van der Waals surface area (Å²) in [5.74, 6) is -5.54. The highest BCUT2D eigenvalue weighted by Crippen LogP contribution is 2.41. The van der Waals surface area contributed by atoms with Crippen LogP contribution < -0.4 is 15.6 Å². The van der Waals surface area contributed by atoms with E-state index in [-0.39, 0.29) is 24.6 Å². The number of benzene rings is 1. The molecule has 1 saturated carbocycles. The van der Waals surface area contributed by atoms with Crippen molar-refractivity contribution < 1.29 is 23.1 Å². The summed E-state index contributed by atoms with van der Waals surface area (Å²) in [4.78, 5) is 25.3. The molecule has 2 N–H and O–H groups in total. The molecule has 1 aliphatic carbocycles. The second kappa shape index (κ2) is 5.84. The summed E-state index contributed by atoms with van der Waals surface area (Å²) < 4.78 is 46.6. The van der Waals surface area contributed by atoms with Crippen LogP contribution in [0.2, 0.25) is 0 Å². The van der Waals surface area contributed by atoms with E-state index in [4.69, 9.17) is 0 Å². The van der Waals surface area contributed by atoms with Crippen molar-refractivity contribution in [3.05, 3.63) is 50.6 Å². The maximum atomic E-state index is 15.5. The van der Waals surface area contributed by atoms with Crippen molar-refractivity contribution in [3.63, 3.8) is 0 Å². The number of carbonyl (C=O) groups is 1. The fraction of sp³-hybridized carbons (Fsp3) is 0.368. The van der Waals surface area contributed by atoms with Crippen molar-refractivity contribution in [2.45, 2.75) is 18.9 Å². The molecule has 0 bridgehead atoms. The monoisotopic (exact) mass is 391 g/mol. The Morgan fingerprint density at radius 2 is 1.71 bits per heavy atom. The van der Waals surface area contributed by atoms with Gasteiger partial charge >= 0.3 is 5.97 Å². The molecule has 2 aromatic rings. The molecule has 1 fully saturated rings. The molecule has 9 heteroatoms. The fourth-order valence-electron chi connectivity index (χ4n) is 4.18. The predicted octanol–water partition coefficient (Wildman–Crippen LogP) is 2.17. The molecule has 3 aliphatic rings. The van der Waals surface area contributed by atoms with E-state index in [1.807, 2.05) is 0 Å². The zero-order chi connectivity index (χ0) is 19.7. The first-order valence-electron chi connectivity index (χ1n) is 9.02. The van der Waals surface area contributed by atoms with Crippen molar-refractivity contribution in [2.24, 2.45) is 0 Å². The third-order valence-electron chi connectivity index (χ3n) is 5.70. The Kier molecular flexibility index (Phi) is 3.61. The summed E-state index contributed by atoms with van der Waals surface area (Å²) in [5, 5.41) is 11.6. The van der Waals surface area contributed by atoms with Gasteiger partial charge in [0, 0.05) is 38.4 Å². The molecule has 2 aliphatic heterocycles. The first kappa shape index (κ1) is 17.3. The van der Waals surface area contributed by atoms with Crippen LogP contribution in [0.4, 0.5) is 18.9 Å². The molecule has 0 amide bonds. The number of rotatable bonds is 3. The quantitative estimate of drug-likeness (QED) is 0.620. The van der Waals surface area contributed by atoms with Crippen LogP contribution in [0.15, 0.2) is 22.1 Å². The number of anilines is 1. The van der Waals surface area contributed by atoms with E-state index in [9.17, 15) is 23.5 Å². The van der Waals surface area contributed by atoms with E-state index in [2.05, 4.69) is 5.32 Å². The van der Waals surface area contributed by atoms with E-state index < -0.39 is 45.5 Å². The van der Waals surface area contributed by atoms with Gasteiger partial charge in [0.25, 0.3) is 0 Å². The molecule has 5 rings (SSSR count). The lowest BCUT2D eigenvalue weighted by Gasteiger charge is -2.24. The van der Waals surface area contributed by atoms with Gasteiger partial charge in [0.1, 0.15) is 11.3 Å². The van der Waals surface area contributed by atoms with Gasteiger partial charge < -0.3 is 19.9 Å². The van der Waals surface area contributed by atoms with Gasteiger partial charge in [-0.25, -0.2) is 18.0 Å². The van der Waals surface area contributed by atoms with Gasteiger partial charge in [0.2, 0.25) is 5.43 Å². The molecule has 1 aromatic heterocycles. The first-order valence-corrected chi connectivity index (χ1v) is 9.02. The van der Waals surface area contributed by atoms with Gasteiger partial charge in [-0.05, 0) is 24.0 Å². The minimum atomic E-state index is -1.56. The number of aromatic nitrogens is 1. The van der Waals surface area contributed by atoms with E-state index in [0.29, 0.717) is 25.9 Å². The van der Waals surface area contributed by atoms with Crippen LogP contribution >= 0.6 is 0 Å². The van der Waals surface area contributed by atoms with Crippen LogP contribution in [0.25, 0.3) is 10.9 Å². The molecular formula is C19H16F3N3O3. The molecule has 6 nitrogen and oxygen atoms in total. The zero-order valence-corrected chi connectivity index (χ0v) is 14.7. The number of carboxylic acids is 1. The van der Waals surface area contributed by atoms with E-state index in [1.54, 1.807) is 0 Å². The highest BCUT2D eigenvalue weighted by molar-refractivity contribution is 5.94. The normalized spacial score (nSPS) is 19.0. The van der Waals surface area contributed by atoms with Gasteiger partial charge in [0.05, 0.1) is 10.9 Å². The Hall–Kier alpha value is -2.81. The second-order valence-corrected chi connectivity index (χ2v) is 7.50. The Morgan fingerprint density at radius 3 is 2.29 bits per heavy atom. The number of hydrogen-bond acceptors (Lipinski definition) is 4. The Bertz CT molecular complexity index is 1140. The summed E-state index contributed by atoms with van der Waals surface area (Å²) in [6, 6.07) is -0.237. The van der Waals surface area contributed by atoms with Crippen LogP contribution in [-0.4, -0.2) is 41.8 Å². The predicted molar refractivity (Wildman–Crippen MR) is 95.4 cm³/mol. The molecule has 146 valence electrons. The summed E-state index contributed by atoms with van der Waals surface area (Å²) >= 11 is 0. The van der Waals surface area contributed by atoms with E-state index in [0.717, 1.165) is 17.3 Å². The summed E-state index contributed by atoms with van der Waals surface area (Å²) in [6.45, 7) is 1.81. The maximum Gasteiger partial charge on any atom is 0.341 e. The molecular weight excluding hydrogens is 375 g/mol. The van der Waals surface area contributed by atoms with Gasteiger partial charge in [-0.15, -0.1) is 0 Å². The van der Waals surface area contributed by atoms with Crippen molar-refractivity contribution in [1.82, 2.24) is 9.88 Å². The number of carboxylic acid groups (broad SMARTS) is 1. The van der Waals surface area contributed by atoms with Crippen molar-refractivity contribution in [2.75, 3.05) is 31.1 Å². The molecule has 28 heavy (non-hydrogen) atoms. The Morgan fingerprint density at radius 1 is 1.07 bits per heavy atom. The lowest BCUT2D eigenvalue weighted by molar-refractivity contribution is 0.0694. The number of nitrogens with zero attached hydrogens (tertiary/aromatic N) is 2. The topological polar surface area (TPSA) is 74.6 Å². The highest BCUT2D eigenvalue weighted by Gasteiger charge is 2.35. The Balaban J connectivity index is 1.78. The van der Waals surface area contributed by atoms with Crippen molar-refractivity contribution in [3.8, 4) is 0 Å². The number of nitrogens with one attached hydrogen (secondary N) is 1. The number of halogens is 3. The van der Waals surface area contributed by atoms with Gasteiger partial charge in [-0.2, -0.15) is 0 Å². The summed E-state index contributed by atoms with van der Waals surface area (Å²) in [5.41, 5.74) is -0.724. The number of pyridine rings is 1. The number of aromatic carboxylic acids is 1. The van der Waals surface area contributed by atoms with E-state index >= 15 is 4.39 Å². The van der Waals surface area contributed by atoms with Crippen molar-refractivity contribution in [1.29, 1.82) is 0 Å². The average molecular weight is 391 g/mol. The van der Waals surface area contributed by atoms with Crippen molar-refractivity contribution >= 4 is 22.6 Å². The van der Waals surface area contributed by atoms with Crippen LogP contribution in [0.1, 0.15) is 29.2 Å². The SMILES string of the molecule is O=C(O)c1cn(C2CC2)c2c(F)c(N3CC4=C(CNC4)C3)c(F)c(F)c2c1=O. The standard InChI is InChI=1S/C19H16F3N3O3/c20-13-12-16(25(10-1-2-10)7-11(18(12)26)19(27)28)15(22)17(14(13)21)24-5-8-3-23-4-9(8)6-24/h7,10,23H,1-6H2,(H,27,28). The zero-order valence-electron chi connectivity index (χ0n) is 14.7. The minimum Gasteiger partial charge on any atom is -0.477 e. The van der Waals surface area contributed by atoms with E-state index in [1.165, 1.54) is 9.47 Å². The number of hydrogen-bond donors (Lipinski definition) is 2. The first-order chi connectivity index (χ1) is 13.4. The van der Waals surface area contributed by atoms with Crippen LogP contribution in [0.5, 0.6) is 0 Å². The molecule has 0 atom stereocenters. The highest BCUT2D eigenvalue weighted by atomic mass is 19.2. The lowest BCUT2D eigenvalue weighted by Crippen LogP contribution is -2.29. The Labute approximate surface area is 156 Å². The molecule has 0 saturated heterocycles.